The molecule has 0 spiro atoms. The molecular formula is C74H78N4O. The Kier molecular flexibility index (Phi) is 13.5. The highest BCUT2D eigenvalue weighted by Crippen LogP contribution is 2.52. The Morgan fingerprint density at radius 3 is 1.58 bits per heavy atom. The molecular weight excluding hydrogens is 961 g/mol. The van der Waals surface area contributed by atoms with Gasteiger partial charge in [0.25, 0.3) is 0 Å². The zero-order chi connectivity index (χ0) is 55.8. The quantitative estimate of drug-likeness (QED) is 0.137. The molecule has 79 heavy (non-hydrogen) atoms. The van der Waals surface area contributed by atoms with E-state index >= 15 is 0 Å². The van der Waals surface area contributed by atoms with E-state index in [9.17, 15) is 0 Å². The van der Waals surface area contributed by atoms with Crippen molar-refractivity contribution in [2.45, 2.75) is 125 Å². The van der Waals surface area contributed by atoms with Crippen LogP contribution in [0.4, 0.5) is 22.7 Å². The van der Waals surface area contributed by atoms with E-state index in [0.717, 1.165) is 57.2 Å². The number of rotatable bonds is 10. The van der Waals surface area contributed by atoms with Crippen LogP contribution in [0.3, 0.4) is 0 Å². The molecule has 0 N–H and O–H groups in total. The number of benzene rings is 8. The van der Waals surface area contributed by atoms with Gasteiger partial charge in [0.2, 0.25) is 0 Å². The number of ether oxygens (including phenoxy) is 1. The van der Waals surface area contributed by atoms with Gasteiger partial charge < -0.3 is 14.5 Å². The van der Waals surface area contributed by atoms with Crippen LogP contribution in [0.1, 0.15) is 125 Å². The lowest BCUT2D eigenvalue weighted by Gasteiger charge is -2.31. The second-order valence-electron chi connectivity index (χ2n) is 26.6. The first-order valence-electron chi connectivity index (χ1n) is 28.4. The van der Waals surface area contributed by atoms with Gasteiger partial charge in [-0.1, -0.05) is 206 Å². The van der Waals surface area contributed by atoms with E-state index in [2.05, 4.69) is 293 Å². The Balaban J connectivity index is 1.03. The van der Waals surface area contributed by atoms with Crippen LogP contribution in [0.5, 0.6) is 11.5 Å². The number of nitrogens with zero attached hydrogens (tertiary/aromatic N) is 4. The van der Waals surface area contributed by atoms with E-state index in [1.807, 2.05) is 6.20 Å². The third-order valence-electron chi connectivity index (χ3n) is 15.9. The molecule has 0 saturated carbocycles. The Morgan fingerprint density at radius 1 is 0.443 bits per heavy atom. The van der Waals surface area contributed by atoms with Gasteiger partial charge in [0.05, 0.1) is 28.1 Å². The largest absolute Gasteiger partial charge is 0.457 e. The SMILES string of the molecule is CC(C)Cc1ccnc(-n2c3ccc(-c4ccccc4)cc3c3ccc(Oc4cccc(N5CN(c6c(-c7cc(C(C)(C)C)cc(C(C)(C)C)c7)cccc6-c6cc(C(C)(C)C)cc(C(C)(C)C)c6)c6ccccc65)c4)cc32)c1. The fraction of sp³-hybridized carbons (Fsp3) is 0.284. The first-order chi connectivity index (χ1) is 37.5. The van der Waals surface area contributed by atoms with E-state index in [4.69, 9.17) is 9.72 Å². The fourth-order valence-corrected chi connectivity index (χ4v) is 11.4. The minimum atomic E-state index is -0.0479. The molecule has 0 radical (unpaired) electrons. The monoisotopic (exact) mass is 1040 g/mol. The molecule has 5 heteroatoms. The van der Waals surface area contributed by atoms with Crippen molar-refractivity contribution in [3.63, 3.8) is 0 Å². The van der Waals surface area contributed by atoms with E-state index < -0.39 is 0 Å². The molecule has 400 valence electrons. The van der Waals surface area contributed by atoms with Crippen LogP contribution in [0, 0.1) is 5.92 Å². The predicted molar refractivity (Wildman–Crippen MR) is 337 cm³/mol. The molecule has 11 rings (SSSR count). The number of hydrogen-bond acceptors (Lipinski definition) is 4. The lowest BCUT2D eigenvalue weighted by atomic mass is 9.77. The highest BCUT2D eigenvalue weighted by atomic mass is 16.5. The summed E-state index contributed by atoms with van der Waals surface area (Å²) in [6, 6.07) is 67.5. The number of para-hydroxylation sites is 3. The Hall–Kier alpha value is -7.89. The second kappa shape index (κ2) is 20.1. The highest BCUT2D eigenvalue weighted by Gasteiger charge is 2.33. The molecule has 1 aliphatic rings. The van der Waals surface area contributed by atoms with Crippen LogP contribution in [-0.2, 0) is 28.1 Å². The van der Waals surface area contributed by atoms with Gasteiger partial charge in [-0.25, -0.2) is 4.98 Å². The summed E-state index contributed by atoms with van der Waals surface area (Å²) in [7, 11) is 0. The first-order valence-corrected chi connectivity index (χ1v) is 28.4. The zero-order valence-corrected chi connectivity index (χ0v) is 49.1. The van der Waals surface area contributed by atoms with Crippen LogP contribution in [0.15, 0.2) is 188 Å². The van der Waals surface area contributed by atoms with Crippen molar-refractivity contribution < 1.29 is 4.74 Å². The average molecular weight is 1040 g/mol. The molecule has 0 amide bonds. The summed E-state index contributed by atoms with van der Waals surface area (Å²) < 4.78 is 9.28. The van der Waals surface area contributed by atoms with Gasteiger partial charge in [0, 0.05) is 45.9 Å². The molecule has 2 aromatic heterocycles. The van der Waals surface area contributed by atoms with Gasteiger partial charge in [-0.15, -0.1) is 0 Å². The molecule has 0 unspecified atom stereocenters. The lowest BCUT2D eigenvalue weighted by molar-refractivity contribution is 0.483. The number of fused-ring (bicyclic) bond motifs is 4. The topological polar surface area (TPSA) is 33.5 Å². The molecule has 8 aromatic carbocycles. The minimum absolute atomic E-state index is 0.0479. The third kappa shape index (κ3) is 10.6. The third-order valence-corrected chi connectivity index (χ3v) is 15.9. The maximum atomic E-state index is 6.98. The number of pyridine rings is 1. The maximum Gasteiger partial charge on any atom is 0.137 e. The number of anilines is 4. The van der Waals surface area contributed by atoms with Crippen LogP contribution < -0.4 is 14.5 Å². The fourth-order valence-electron chi connectivity index (χ4n) is 11.4. The van der Waals surface area contributed by atoms with Gasteiger partial charge in [0.1, 0.15) is 24.0 Å². The lowest BCUT2D eigenvalue weighted by Crippen LogP contribution is -2.25. The van der Waals surface area contributed by atoms with Crippen molar-refractivity contribution in [3.05, 3.63) is 216 Å². The average Bonchev–Trinajstić information content (AvgIpc) is 4.21. The molecule has 0 bridgehead atoms. The Labute approximate surface area is 470 Å². The first kappa shape index (κ1) is 53.1. The van der Waals surface area contributed by atoms with Crippen molar-refractivity contribution in [1.82, 2.24) is 9.55 Å². The Morgan fingerprint density at radius 2 is 1.00 bits per heavy atom. The smallest absolute Gasteiger partial charge is 0.137 e. The molecule has 10 aromatic rings. The van der Waals surface area contributed by atoms with Crippen molar-refractivity contribution in [3.8, 4) is 50.7 Å². The zero-order valence-electron chi connectivity index (χ0n) is 49.1. The normalized spacial score (nSPS) is 13.3. The van der Waals surface area contributed by atoms with E-state index in [1.54, 1.807) is 0 Å². The summed E-state index contributed by atoms with van der Waals surface area (Å²) in [6.45, 7) is 33.1. The van der Waals surface area contributed by atoms with Crippen LogP contribution >= 0.6 is 0 Å². The van der Waals surface area contributed by atoms with Gasteiger partial charge in [0.15, 0.2) is 0 Å². The van der Waals surface area contributed by atoms with Crippen LogP contribution in [0.2, 0.25) is 0 Å². The summed E-state index contributed by atoms with van der Waals surface area (Å²) in [4.78, 5) is 10.0. The molecule has 5 nitrogen and oxygen atoms in total. The highest BCUT2D eigenvalue weighted by molar-refractivity contribution is 6.11. The van der Waals surface area contributed by atoms with Crippen molar-refractivity contribution >= 4 is 44.6 Å². The van der Waals surface area contributed by atoms with Crippen molar-refractivity contribution in [1.29, 1.82) is 0 Å². The molecule has 3 heterocycles. The van der Waals surface area contributed by atoms with E-state index in [-0.39, 0.29) is 21.7 Å². The molecule has 1 aliphatic heterocycles. The minimum Gasteiger partial charge on any atom is -0.457 e. The molecule has 0 atom stereocenters. The summed E-state index contributed by atoms with van der Waals surface area (Å²) in [5.41, 5.74) is 20.4. The summed E-state index contributed by atoms with van der Waals surface area (Å²) in [5.74, 6) is 2.96. The van der Waals surface area contributed by atoms with Crippen LogP contribution in [-0.4, -0.2) is 16.2 Å². The summed E-state index contributed by atoms with van der Waals surface area (Å²) >= 11 is 0. The number of aromatic nitrogens is 2. The number of hydrogen-bond donors (Lipinski definition) is 0. The molecule has 0 aliphatic carbocycles. The maximum absolute atomic E-state index is 6.98. The van der Waals surface area contributed by atoms with Gasteiger partial charge in [-0.2, -0.15) is 0 Å². The summed E-state index contributed by atoms with van der Waals surface area (Å²) in [5, 5.41) is 2.33. The standard InChI is InChI=1S/C74H78N4O/c1-48(2)36-49-34-35-75-69(37-49)78-65-33-30-51(50-22-16-15-17-23-50)42-64(65)63-32-31-60(46-68(63)78)79-59-25-20-24-58(45-59)76-47-77(67-29-19-18-28-66(67)76)70-61(52-38-54(71(3,4)5)43-55(39-52)72(6,7)8)26-21-27-62(70)53-40-56(73(9,10)11)44-57(41-53)74(12,13)14/h15-35,37-46,48H,36,47H2,1-14H3. The van der Waals surface area contributed by atoms with Crippen LogP contribution in [0.25, 0.3) is 61.0 Å². The second-order valence-corrected chi connectivity index (χ2v) is 26.6. The van der Waals surface area contributed by atoms with Crippen molar-refractivity contribution in [2.24, 2.45) is 5.92 Å². The molecule has 0 fully saturated rings. The predicted octanol–water partition coefficient (Wildman–Crippen LogP) is 20.6. The van der Waals surface area contributed by atoms with E-state index in [0.29, 0.717) is 12.6 Å². The van der Waals surface area contributed by atoms with E-state index in [1.165, 1.54) is 72.3 Å². The van der Waals surface area contributed by atoms with Gasteiger partial charge in [-0.3, -0.25) is 4.57 Å². The van der Waals surface area contributed by atoms with Crippen molar-refractivity contribution in [2.75, 3.05) is 16.5 Å². The summed E-state index contributed by atoms with van der Waals surface area (Å²) in [6.07, 6.45) is 2.93. The van der Waals surface area contributed by atoms with Gasteiger partial charge in [-0.05, 0) is 145 Å². The van der Waals surface area contributed by atoms with Gasteiger partial charge >= 0.3 is 0 Å². The molecule has 0 saturated heterocycles. The Bertz CT molecular complexity index is 3750.